The Hall–Kier alpha value is -1.40. The first-order chi connectivity index (χ1) is 8.73. The van der Waals surface area contributed by atoms with E-state index in [1.54, 1.807) is 25.1 Å². The predicted molar refractivity (Wildman–Crippen MR) is 73.5 cm³/mol. The van der Waals surface area contributed by atoms with Gasteiger partial charge in [-0.05, 0) is 37.8 Å². The monoisotopic (exact) mass is 282 g/mol. The fourth-order valence-electron chi connectivity index (χ4n) is 2.02. The largest absolute Gasteiger partial charge is 0.323 e. The summed E-state index contributed by atoms with van der Waals surface area (Å²) < 4.78 is 23.3. The SMILES string of the molecule is CC(N)(C(=O)Nc1ccccc1S(C)(=O)=O)C1CC1. The lowest BCUT2D eigenvalue weighted by atomic mass is 9.96. The van der Waals surface area contributed by atoms with Gasteiger partial charge in [-0.3, -0.25) is 4.79 Å². The number of hydrogen-bond donors (Lipinski definition) is 2. The van der Waals surface area contributed by atoms with Gasteiger partial charge in [0, 0.05) is 6.26 Å². The molecule has 19 heavy (non-hydrogen) atoms. The Balaban J connectivity index is 2.27. The van der Waals surface area contributed by atoms with Gasteiger partial charge in [-0.15, -0.1) is 0 Å². The Morgan fingerprint density at radius 3 is 2.47 bits per heavy atom. The number of rotatable bonds is 4. The molecule has 0 aliphatic heterocycles. The van der Waals surface area contributed by atoms with E-state index in [-0.39, 0.29) is 22.4 Å². The van der Waals surface area contributed by atoms with Gasteiger partial charge in [-0.25, -0.2) is 8.42 Å². The number of nitrogens with one attached hydrogen (secondary N) is 1. The fourth-order valence-corrected chi connectivity index (χ4v) is 2.86. The minimum atomic E-state index is -3.38. The Labute approximate surface area is 113 Å². The van der Waals surface area contributed by atoms with Crippen LogP contribution >= 0.6 is 0 Å². The molecule has 0 heterocycles. The Morgan fingerprint density at radius 1 is 1.37 bits per heavy atom. The summed E-state index contributed by atoms with van der Waals surface area (Å²) in [5.41, 5.74) is 5.34. The van der Waals surface area contributed by atoms with Crippen molar-refractivity contribution >= 4 is 21.4 Å². The maximum absolute atomic E-state index is 12.2. The Morgan fingerprint density at radius 2 is 1.95 bits per heavy atom. The zero-order valence-corrected chi connectivity index (χ0v) is 11.8. The number of sulfone groups is 1. The molecule has 2 rings (SSSR count). The van der Waals surface area contributed by atoms with E-state index in [0.717, 1.165) is 19.1 Å². The van der Waals surface area contributed by atoms with Crippen molar-refractivity contribution in [1.82, 2.24) is 0 Å². The molecule has 1 amide bonds. The molecule has 1 fully saturated rings. The molecular formula is C13H18N2O3S. The summed E-state index contributed by atoms with van der Waals surface area (Å²) in [6, 6.07) is 6.33. The van der Waals surface area contributed by atoms with E-state index < -0.39 is 15.4 Å². The number of para-hydroxylation sites is 1. The van der Waals surface area contributed by atoms with Crippen LogP contribution in [0, 0.1) is 5.92 Å². The van der Waals surface area contributed by atoms with E-state index in [9.17, 15) is 13.2 Å². The number of nitrogens with two attached hydrogens (primary N) is 1. The first-order valence-electron chi connectivity index (χ1n) is 6.12. The molecule has 1 aromatic rings. The van der Waals surface area contributed by atoms with E-state index >= 15 is 0 Å². The van der Waals surface area contributed by atoms with Gasteiger partial charge in [0.1, 0.15) is 0 Å². The smallest absolute Gasteiger partial charge is 0.244 e. The summed E-state index contributed by atoms with van der Waals surface area (Å²) in [5.74, 6) is -0.163. The molecule has 5 nitrogen and oxygen atoms in total. The minimum Gasteiger partial charge on any atom is -0.323 e. The third-order valence-electron chi connectivity index (χ3n) is 3.45. The summed E-state index contributed by atoms with van der Waals surface area (Å²) in [4.78, 5) is 12.3. The second-order valence-corrected chi connectivity index (χ2v) is 7.26. The van der Waals surface area contributed by atoms with Gasteiger partial charge in [0.25, 0.3) is 0 Å². The molecule has 1 aromatic carbocycles. The number of amides is 1. The number of carbonyl (C=O) groups is 1. The van der Waals surface area contributed by atoms with Crippen LogP contribution < -0.4 is 11.1 Å². The lowest BCUT2D eigenvalue weighted by molar-refractivity contribution is -0.121. The van der Waals surface area contributed by atoms with Crippen LogP contribution in [-0.4, -0.2) is 26.1 Å². The third-order valence-corrected chi connectivity index (χ3v) is 4.60. The van der Waals surface area contributed by atoms with Gasteiger partial charge >= 0.3 is 0 Å². The molecule has 104 valence electrons. The van der Waals surface area contributed by atoms with Crippen molar-refractivity contribution in [3.05, 3.63) is 24.3 Å². The van der Waals surface area contributed by atoms with Crippen LogP contribution in [0.15, 0.2) is 29.2 Å². The molecule has 0 spiro atoms. The van der Waals surface area contributed by atoms with Crippen LogP contribution in [0.25, 0.3) is 0 Å². The van der Waals surface area contributed by atoms with Crippen molar-refractivity contribution in [3.8, 4) is 0 Å². The Bertz CT molecular complexity index is 604. The predicted octanol–water partition coefficient (Wildman–Crippen LogP) is 1.16. The average molecular weight is 282 g/mol. The van der Waals surface area contributed by atoms with Crippen molar-refractivity contribution in [3.63, 3.8) is 0 Å². The second-order valence-electron chi connectivity index (χ2n) is 5.28. The topological polar surface area (TPSA) is 89.3 Å². The first-order valence-corrected chi connectivity index (χ1v) is 8.01. The van der Waals surface area contributed by atoms with Crippen LogP contribution in [-0.2, 0) is 14.6 Å². The molecule has 0 saturated heterocycles. The molecule has 1 unspecified atom stereocenters. The lowest BCUT2D eigenvalue weighted by Crippen LogP contribution is -2.50. The van der Waals surface area contributed by atoms with Crippen LogP contribution in [0.5, 0.6) is 0 Å². The van der Waals surface area contributed by atoms with Gasteiger partial charge in [-0.2, -0.15) is 0 Å². The fraction of sp³-hybridized carbons (Fsp3) is 0.462. The maximum Gasteiger partial charge on any atom is 0.244 e. The number of anilines is 1. The van der Waals surface area contributed by atoms with E-state index in [0.29, 0.717) is 0 Å². The van der Waals surface area contributed by atoms with E-state index in [1.165, 1.54) is 6.07 Å². The third kappa shape index (κ3) is 2.96. The first kappa shape index (κ1) is 14.0. The molecular weight excluding hydrogens is 264 g/mol. The van der Waals surface area contributed by atoms with E-state index in [4.69, 9.17) is 5.73 Å². The summed E-state index contributed by atoms with van der Waals surface area (Å²) in [6.07, 6.45) is 2.99. The van der Waals surface area contributed by atoms with Crippen molar-refractivity contribution in [2.24, 2.45) is 11.7 Å². The molecule has 0 aromatic heterocycles. The van der Waals surface area contributed by atoms with Gasteiger partial charge in [0.2, 0.25) is 5.91 Å². The molecule has 1 aliphatic carbocycles. The summed E-state index contributed by atoms with van der Waals surface area (Å²) >= 11 is 0. The molecule has 3 N–H and O–H groups in total. The van der Waals surface area contributed by atoms with Gasteiger partial charge < -0.3 is 11.1 Å². The van der Waals surface area contributed by atoms with Gasteiger partial charge in [-0.1, -0.05) is 12.1 Å². The van der Waals surface area contributed by atoms with Crippen LogP contribution in [0.1, 0.15) is 19.8 Å². The van der Waals surface area contributed by atoms with Crippen molar-refractivity contribution in [2.75, 3.05) is 11.6 Å². The minimum absolute atomic E-state index is 0.106. The normalized spacial score (nSPS) is 18.7. The maximum atomic E-state index is 12.2. The van der Waals surface area contributed by atoms with Gasteiger partial charge in [0.15, 0.2) is 9.84 Å². The molecule has 1 atom stereocenters. The Kier molecular flexibility index (Phi) is 3.40. The highest BCUT2D eigenvalue weighted by Gasteiger charge is 2.44. The van der Waals surface area contributed by atoms with Crippen LogP contribution in [0.3, 0.4) is 0 Å². The molecule has 1 saturated carbocycles. The van der Waals surface area contributed by atoms with Crippen LogP contribution in [0.4, 0.5) is 5.69 Å². The average Bonchev–Trinajstić information content (AvgIpc) is 3.12. The molecule has 1 aliphatic rings. The second kappa shape index (κ2) is 4.61. The summed E-state index contributed by atoms with van der Waals surface area (Å²) in [7, 11) is -3.38. The van der Waals surface area contributed by atoms with Crippen molar-refractivity contribution in [2.45, 2.75) is 30.2 Å². The van der Waals surface area contributed by atoms with E-state index in [1.807, 2.05) is 0 Å². The van der Waals surface area contributed by atoms with Crippen molar-refractivity contribution in [1.29, 1.82) is 0 Å². The quantitative estimate of drug-likeness (QED) is 0.867. The summed E-state index contributed by atoms with van der Waals surface area (Å²) in [5, 5.41) is 2.64. The zero-order valence-electron chi connectivity index (χ0n) is 11.0. The zero-order chi connectivity index (χ0) is 14.3. The van der Waals surface area contributed by atoms with Crippen molar-refractivity contribution < 1.29 is 13.2 Å². The highest BCUT2D eigenvalue weighted by Crippen LogP contribution is 2.38. The number of carbonyl (C=O) groups excluding carboxylic acids is 1. The van der Waals surface area contributed by atoms with Crippen LogP contribution in [0.2, 0.25) is 0 Å². The molecule has 0 bridgehead atoms. The summed E-state index contributed by atoms with van der Waals surface area (Å²) in [6.45, 7) is 1.68. The number of hydrogen-bond acceptors (Lipinski definition) is 4. The molecule has 0 radical (unpaired) electrons. The number of benzene rings is 1. The van der Waals surface area contributed by atoms with Gasteiger partial charge in [0.05, 0.1) is 16.1 Å². The molecule has 6 heteroatoms. The lowest BCUT2D eigenvalue weighted by Gasteiger charge is -2.23. The standard InChI is InChI=1S/C13H18N2O3S/c1-13(14,9-7-8-9)12(16)15-10-5-3-4-6-11(10)19(2,17)18/h3-6,9H,7-8,14H2,1-2H3,(H,15,16). The van der Waals surface area contributed by atoms with E-state index in [2.05, 4.69) is 5.32 Å². The highest BCUT2D eigenvalue weighted by atomic mass is 32.2. The highest BCUT2D eigenvalue weighted by molar-refractivity contribution is 7.90.